The maximum absolute atomic E-state index is 13.7. The van der Waals surface area contributed by atoms with Gasteiger partial charge in [0.05, 0.1) is 23.7 Å². The highest BCUT2D eigenvalue weighted by Crippen LogP contribution is 2.43. The van der Waals surface area contributed by atoms with Gasteiger partial charge >= 0.3 is 0 Å². The lowest BCUT2D eigenvalue weighted by Gasteiger charge is -2.41. The molecule has 6 aromatic rings. The minimum Gasteiger partial charge on any atom is -0.618 e. The molecule has 0 bridgehead atoms. The third-order valence-electron chi connectivity index (χ3n) is 10.4. The van der Waals surface area contributed by atoms with Gasteiger partial charge in [0.2, 0.25) is 15.9 Å². The zero-order valence-corrected chi connectivity index (χ0v) is 34.4. The van der Waals surface area contributed by atoms with E-state index in [9.17, 15) is 23.5 Å². The smallest absolute Gasteiger partial charge is 0.251 e. The number of aliphatic hydroxyl groups is 1. The average molecular weight is 830 g/mol. The van der Waals surface area contributed by atoms with Gasteiger partial charge in [-0.1, -0.05) is 133 Å². The van der Waals surface area contributed by atoms with Crippen molar-refractivity contribution in [3.63, 3.8) is 0 Å². The van der Waals surface area contributed by atoms with Crippen LogP contribution in [0.1, 0.15) is 52.7 Å². The van der Waals surface area contributed by atoms with Crippen molar-refractivity contribution in [2.24, 2.45) is 5.92 Å². The number of aliphatic hydroxyl groups excluding tert-OH is 1. The molecule has 1 aliphatic rings. The van der Waals surface area contributed by atoms with Crippen LogP contribution in [0.3, 0.4) is 0 Å². The zero-order valence-electron chi connectivity index (χ0n) is 32.8. The molecule has 0 aliphatic carbocycles. The number of hydrogen-bond donors (Lipinski definition) is 3. The van der Waals surface area contributed by atoms with Crippen molar-refractivity contribution in [2.75, 3.05) is 5.75 Å². The van der Waals surface area contributed by atoms with Crippen LogP contribution in [0.15, 0.2) is 162 Å². The van der Waals surface area contributed by atoms with Crippen molar-refractivity contribution in [3.05, 3.63) is 190 Å². The lowest BCUT2D eigenvalue weighted by Crippen LogP contribution is -2.47. The molecular weight excluding hydrogens is 783 g/mol. The number of carbonyl (C=O) groups excluding carboxylic acids is 1. The van der Waals surface area contributed by atoms with E-state index in [1.165, 1.54) is 30.1 Å². The van der Waals surface area contributed by atoms with Gasteiger partial charge in [-0.25, -0.2) is 8.42 Å². The second-order valence-corrected chi connectivity index (χ2v) is 17.5. The van der Waals surface area contributed by atoms with Crippen LogP contribution in [-0.4, -0.2) is 37.3 Å². The molecule has 0 unspecified atom stereocenters. The van der Waals surface area contributed by atoms with E-state index in [-0.39, 0.29) is 42.6 Å². The first kappa shape index (κ1) is 41.8. The van der Waals surface area contributed by atoms with Crippen LogP contribution >= 0.6 is 11.8 Å². The number of carbonyl (C=O) groups is 1. The van der Waals surface area contributed by atoms with Gasteiger partial charge in [-0.05, 0) is 71.0 Å². The van der Waals surface area contributed by atoms with Crippen molar-refractivity contribution in [2.45, 2.75) is 67.9 Å². The Morgan fingerprint density at radius 2 is 1.49 bits per heavy atom. The summed E-state index contributed by atoms with van der Waals surface area (Å²) in [7, 11) is -3.97. The summed E-state index contributed by atoms with van der Waals surface area (Å²) in [6.45, 7) is 4.12. The topological polar surface area (TPSA) is 141 Å². The van der Waals surface area contributed by atoms with E-state index in [1.54, 1.807) is 24.3 Å². The summed E-state index contributed by atoms with van der Waals surface area (Å²) in [4.78, 5) is 13.7. The Balaban J connectivity index is 1.05. The van der Waals surface area contributed by atoms with Crippen LogP contribution in [-0.2, 0) is 43.9 Å². The number of sulfonamides is 1. The molecule has 1 saturated heterocycles. The Morgan fingerprint density at radius 3 is 2.20 bits per heavy atom. The number of amides is 1. The van der Waals surface area contributed by atoms with Crippen molar-refractivity contribution in [1.29, 1.82) is 0 Å². The van der Waals surface area contributed by atoms with Gasteiger partial charge in [0.25, 0.3) is 5.03 Å². The van der Waals surface area contributed by atoms with Gasteiger partial charge in [-0.3, -0.25) is 4.79 Å². The lowest BCUT2D eigenvalue weighted by molar-refractivity contribution is -0.645. The highest BCUT2D eigenvalue weighted by atomic mass is 32.2. The second-order valence-electron chi connectivity index (χ2n) is 14.7. The third kappa shape index (κ3) is 10.6. The van der Waals surface area contributed by atoms with Gasteiger partial charge in [-0.2, -0.15) is 9.45 Å². The number of rotatable bonds is 15. The number of nitrogens with one attached hydrogen (secondary N) is 2. The van der Waals surface area contributed by atoms with Crippen LogP contribution < -0.4 is 14.8 Å². The maximum Gasteiger partial charge on any atom is 0.251 e. The number of nitrogens with zero attached hydrogens (tertiary/aromatic N) is 1. The molecular formula is C47H47N3O7S2. The average Bonchev–Trinajstić information content (AvgIpc) is 3.26. The molecule has 0 saturated carbocycles. The number of aryl methyl sites for hydroxylation is 1. The summed E-state index contributed by atoms with van der Waals surface area (Å²) in [5.74, 6) is 0.0782. The van der Waals surface area contributed by atoms with E-state index >= 15 is 0 Å². The van der Waals surface area contributed by atoms with Crippen LogP contribution in [0.25, 0.3) is 11.1 Å². The molecule has 2 heterocycles. The molecule has 10 nitrogen and oxygen atoms in total. The number of ether oxygens (including phenoxy) is 2. The van der Waals surface area contributed by atoms with Crippen LogP contribution in [0.5, 0.6) is 0 Å². The summed E-state index contributed by atoms with van der Waals surface area (Å²) < 4.78 is 43.4. The van der Waals surface area contributed by atoms with E-state index in [4.69, 9.17) is 9.47 Å². The Bertz CT molecular complexity index is 2430. The van der Waals surface area contributed by atoms with Gasteiger partial charge in [-0.15, -0.1) is 0 Å². The molecule has 1 aliphatic heterocycles. The molecule has 0 spiro atoms. The highest BCUT2D eigenvalue weighted by Gasteiger charge is 2.39. The number of pyridine rings is 1. The molecule has 0 radical (unpaired) electrons. The summed E-state index contributed by atoms with van der Waals surface area (Å²) >= 11 is 1.45. The molecule has 7 rings (SSSR count). The number of hydrogen-bond acceptors (Lipinski definition) is 8. The molecule has 59 heavy (non-hydrogen) atoms. The fourth-order valence-electron chi connectivity index (χ4n) is 7.02. The summed E-state index contributed by atoms with van der Waals surface area (Å²) in [5, 5.41) is 25.6. The van der Waals surface area contributed by atoms with Gasteiger partial charge < -0.3 is 25.1 Å². The first-order valence-electron chi connectivity index (χ1n) is 19.5. The van der Waals surface area contributed by atoms with E-state index in [1.807, 2.05) is 116 Å². The fourth-order valence-corrected chi connectivity index (χ4v) is 9.29. The standard InChI is InChI=1S/C47H47N3O7S2/c1-32-14-24-41(25-15-32)59(54,55)49-42(28-34-9-4-3-5-10-34)46(52)48-29-36-11-8-12-40(27-36)37-20-22-39(23-21-37)47-56-43(31-58-44-13-6-7-26-50(44)53)33(2)45(57-47)38-18-16-35(30-51)17-19-38/h3-27,33,42-43,45,47,49,51H,28-31H2,1-2H3,(H,48,52)/t33-,42+,43+,45+,47+/m0/s1. The fraction of sp³-hybridized carbons (Fsp3) is 0.234. The van der Waals surface area contributed by atoms with Crippen molar-refractivity contribution < 1.29 is 32.5 Å². The SMILES string of the molecule is Cc1ccc(S(=O)(=O)N[C@H](Cc2ccccc2)C(=O)NCc2cccc(-c3ccc([C@@H]4O[C@H](CSc5cccc[n+]5[O-])[C@H](C)[C@H](c5ccc(CO)cc5)O4)cc3)c2)cc1. The van der Waals surface area contributed by atoms with Gasteiger partial charge in [0, 0.05) is 35.9 Å². The molecule has 304 valence electrons. The molecule has 1 aromatic heterocycles. The van der Waals surface area contributed by atoms with E-state index in [0.717, 1.165) is 49.2 Å². The number of thioether (sulfide) groups is 1. The largest absolute Gasteiger partial charge is 0.618 e. The number of aromatic nitrogens is 1. The van der Waals surface area contributed by atoms with Crippen molar-refractivity contribution >= 4 is 27.7 Å². The molecule has 12 heteroatoms. The van der Waals surface area contributed by atoms with Crippen molar-refractivity contribution in [1.82, 2.24) is 10.0 Å². The Labute approximate surface area is 349 Å². The minimum atomic E-state index is -3.97. The molecule has 5 atom stereocenters. The van der Waals surface area contributed by atoms with Crippen LogP contribution in [0, 0.1) is 18.0 Å². The monoisotopic (exact) mass is 829 g/mol. The summed E-state index contributed by atoms with van der Waals surface area (Å²) in [6.07, 6.45) is 0.470. The van der Waals surface area contributed by atoms with Gasteiger partial charge in [0.15, 0.2) is 12.5 Å². The molecule has 3 N–H and O–H groups in total. The normalized spacial score (nSPS) is 18.6. The zero-order chi connectivity index (χ0) is 41.4. The Morgan fingerprint density at radius 1 is 0.797 bits per heavy atom. The van der Waals surface area contributed by atoms with Gasteiger partial charge in [0.1, 0.15) is 6.04 Å². The van der Waals surface area contributed by atoms with E-state index in [2.05, 4.69) is 17.0 Å². The Hall–Kier alpha value is -5.34. The Kier molecular flexibility index (Phi) is 13.6. The third-order valence-corrected chi connectivity index (χ3v) is 13.0. The molecule has 1 amide bonds. The summed E-state index contributed by atoms with van der Waals surface area (Å²) in [5.41, 5.74) is 7.13. The maximum atomic E-state index is 13.7. The first-order chi connectivity index (χ1) is 28.6. The summed E-state index contributed by atoms with van der Waals surface area (Å²) in [6, 6.07) is 43.7. The second kappa shape index (κ2) is 19.2. The predicted molar refractivity (Wildman–Crippen MR) is 228 cm³/mol. The lowest BCUT2D eigenvalue weighted by atomic mass is 9.91. The first-order valence-corrected chi connectivity index (χ1v) is 21.9. The van der Waals surface area contributed by atoms with E-state index in [0.29, 0.717) is 10.8 Å². The predicted octanol–water partition coefficient (Wildman–Crippen LogP) is 7.58. The van der Waals surface area contributed by atoms with E-state index < -0.39 is 28.3 Å². The molecule has 5 aromatic carbocycles. The highest BCUT2D eigenvalue weighted by molar-refractivity contribution is 7.99. The quantitative estimate of drug-likeness (QED) is 0.0547. The number of benzene rings is 5. The van der Waals surface area contributed by atoms with Crippen LogP contribution in [0.2, 0.25) is 0 Å². The van der Waals surface area contributed by atoms with Crippen molar-refractivity contribution in [3.8, 4) is 11.1 Å². The van der Waals surface area contributed by atoms with Crippen LogP contribution in [0.4, 0.5) is 0 Å². The molecule has 1 fully saturated rings. The minimum absolute atomic E-state index is 0.0352.